The molecule has 0 aliphatic rings. The lowest BCUT2D eigenvalue weighted by Crippen LogP contribution is -2.27. The predicted molar refractivity (Wildman–Crippen MR) is 128 cm³/mol. The van der Waals surface area contributed by atoms with E-state index >= 15 is 0 Å². The number of thiophene rings is 1. The average Bonchev–Trinajstić information content (AvgIpc) is 3.01. The highest BCUT2D eigenvalue weighted by Crippen LogP contribution is 2.31. The number of amides is 1. The van der Waals surface area contributed by atoms with Crippen LogP contribution in [0.25, 0.3) is 10.2 Å². The standard InChI is InChI=1S/C23H29N3O2S2/c1-7-13(3)17-11-9-10-12-18(17)24-20(27)16(6)30-23-25-21-19(14(4)15(5)29-21)22(28)26(23)8-2/h9-13,16H,7-8H2,1-6H3,(H,24,27)/t13-,16+/m1/s1. The molecule has 0 unspecified atom stereocenters. The Morgan fingerprint density at radius 1 is 1.23 bits per heavy atom. The van der Waals surface area contributed by atoms with Gasteiger partial charge in [-0.2, -0.15) is 0 Å². The fourth-order valence-electron chi connectivity index (χ4n) is 3.38. The highest BCUT2D eigenvalue weighted by atomic mass is 32.2. The second-order valence-corrected chi connectivity index (χ2v) is 10.1. The first-order chi connectivity index (χ1) is 14.3. The van der Waals surface area contributed by atoms with Gasteiger partial charge in [-0.05, 0) is 57.2 Å². The number of fused-ring (bicyclic) bond motifs is 1. The molecule has 0 aliphatic carbocycles. The number of hydrogen-bond donors (Lipinski definition) is 1. The molecule has 0 bridgehead atoms. The molecule has 0 spiro atoms. The van der Waals surface area contributed by atoms with Gasteiger partial charge in [0.2, 0.25) is 5.91 Å². The minimum Gasteiger partial charge on any atom is -0.325 e. The molecule has 3 rings (SSSR count). The van der Waals surface area contributed by atoms with E-state index in [1.807, 2.05) is 45.9 Å². The molecular weight excluding hydrogens is 414 g/mol. The number of benzene rings is 1. The van der Waals surface area contributed by atoms with E-state index in [1.54, 1.807) is 4.57 Å². The summed E-state index contributed by atoms with van der Waals surface area (Å²) >= 11 is 2.87. The minimum absolute atomic E-state index is 0.0263. The van der Waals surface area contributed by atoms with Crippen molar-refractivity contribution < 1.29 is 4.79 Å². The maximum atomic E-state index is 13.0. The molecule has 2 atom stereocenters. The highest BCUT2D eigenvalue weighted by molar-refractivity contribution is 8.00. The number of nitrogens with zero attached hydrogens (tertiary/aromatic N) is 2. The monoisotopic (exact) mass is 443 g/mol. The quantitative estimate of drug-likeness (QED) is 0.374. The molecule has 30 heavy (non-hydrogen) atoms. The van der Waals surface area contributed by atoms with Crippen molar-refractivity contribution in [1.82, 2.24) is 9.55 Å². The normalized spacial score (nSPS) is 13.4. The molecule has 3 aromatic rings. The van der Waals surface area contributed by atoms with Gasteiger partial charge in [-0.15, -0.1) is 11.3 Å². The van der Waals surface area contributed by atoms with Crippen molar-refractivity contribution in [1.29, 1.82) is 0 Å². The molecule has 0 saturated heterocycles. The molecule has 0 fully saturated rings. The number of rotatable bonds is 7. The minimum atomic E-state index is -0.390. The van der Waals surface area contributed by atoms with Crippen LogP contribution >= 0.6 is 23.1 Å². The summed E-state index contributed by atoms with van der Waals surface area (Å²) in [5, 5.41) is 3.98. The number of aryl methyl sites for hydroxylation is 2. The molecule has 1 aromatic carbocycles. The molecule has 5 nitrogen and oxygen atoms in total. The smallest absolute Gasteiger partial charge is 0.263 e. The van der Waals surface area contributed by atoms with E-state index in [0.29, 0.717) is 23.0 Å². The molecule has 160 valence electrons. The predicted octanol–water partition coefficient (Wildman–Crippen LogP) is 5.73. The van der Waals surface area contributed by atoms with Gasteiger partial charge in [0.05, 0.1) is 10.6 Å². The van der Waals surface area contributed by atoms with E-state index in [4.69, 9.17) is 4.98 Å². The van der Waals surface area contributed by atoms with Gasteiger partial charge in [0.15, 0.2) is 5.16 Å². The third-order valence-corrected chi connectivity index (χ3v) is 7.77. The summed E-state index contributed by atoms with van der Waals surface area (Å²) in [5.41, 5.74) is 2.96. The number of thioether (sulfide) groups is 1. The SMILES string of the molecule is CC[C@@H](C)c1ccccc1NC(=O)[C@H](C)Sc1nc2sc(C)c(C)c2c(=O)n1CC. The summed E-state index contributed by atoms with van der Waals surface area (Å²) < 4.78 is 1.67. The average molecular weight is 444 g/mol. The van der Waals surface area contributed by atoms with Crippen LogP contribution in [0, 0.1) is 13.8 Å². The van der Waals surface area contributed by atoms with Gasteiger partial charge in [-0.25, -0.2) is 4.98 Å². The van der Waals surface area contributed by atoms with E-state index < -0.39 is 0 Å². The lowest BCUT2D eigenvalue weighted by atomic mass is 9.97. The van der Waals surface area contributed by atoms with Crippen molar-refractivity contribution in [3.63, 3.8) is 0 Å². The highest BCUT2D eigenvalue weighted by Gasteiger charge is 2.22. The van der Waals surface area contributed by atoms with Gasteiger partial charge < -0.3 is 5.32 Å². The number of anilines is 1. The van der Waals surface area contributed by atoms with E-state index in [2.05, 4.69) is 25.2 Å². The van der Waals surface area contributed by atoms with Gasteiger partial charge in [0, 0.05) is 17.1 Å². The lowest BCUT2D eigenvalue weighted by molar-refractivity contribution is -0.115. The maximum absolute atomic E-state index is 13.0. The Hall–Kier alpha value is -2.12. The number of carbonyl (C=O) groups excluding carboxylic acids is 1. The zero-order valence-electron chi connectivity index (χ0n) is 18.4. The van der Waals surface area contributed by atoms with Crippen LogP contribution < -0.4 is 10.9 Å². The zero-order valence-corrected chi connectivity index (χ0v) is 20.0. The number of carbonyl (C=O) groups is 1. The van der Waals surface area contributed by atoms with Crippen LogP contribution in [-0.4, -0.2) is 20.7 Å². The van der Waals surface area contributed by atoms with Gasteiger partial charge in [-0.3, -0.25) is 14.2 Å². The van der Waals surface area contributed by atoms with Crippen molar-refractivity contribution in [3.8, 4) is 0 Å². The summed E-state index contributed by atoms with van der Waals surface area (Å²) in [5.74, 6) is 0.274. The second kappa shape index (κ2) is 9.35. The zero-order chi connectivity index (χ0) is 22.0. The third-order valence-electron chi connectivity index (χ3n) is 5.58. The van der Waals surface area contributed by atoms with Gasteiger partial charge in [0.1, 0.15) is 4.83 Å². The summed E-state index contributed by atoms with van der Waals surface area (Å²) in [4.78, 5) is 32.6. The number of hydrogen-bond acceptors (Lipinski definition) is 5. The Morgan fingerprint density at radius 3 is 2.60 bits per heavy atom. The maximum Gasteiger partial charge on any atom is 0.263 e. The second-order valence-electron chi connectivity index (χ2n) is 7.55. The number of para-hydroxylation sites is 1. The van der Waals surface area contributed by atoms with Crippen molar-refractivity contribution in [2.75, 3.05) is 5.32 Å². The van der Waals surface area contributed by atoms with Crippen LogP contribution in [0.2, 0.25) is 0 Å². The van der Waals surface area contributed by atoms with Gasteiger partial charge >= 0.3 is 0 Å². The molecule has 0 aliphatic heterocycles. The van der Waals surface area contributed by atoms with Crippen molar-refractivity contribution >= 4 is 44.9 Å². The van der Waals surface area contributed by atoms with E-state index in [9.17, 15) is 9.59 Å². The molecule has 0 saturated carbocycles. The summed E-state index contributed by atoms with van der Waals surface area (Å²) in [6.07, 6.45) is 1.00. The van der Waals surface area contributed by atoms with Crippen LogP contribution in [0.15, 0.2) is 34.2 Å². The van der Waals surface area contributed by atoms with Crippen molar-refractivity contribution in [3.05, 3.63) is 50.6 Å². The first-order valence-corrected chi connectivity index (χ1v) is 12.0. The topological polar surface area (TPSA) is 64.0 Å². The van der Waals surface area contributed by atoms with Crippen LogP contribution in [0.1, 0.15) is 56.0 Å². The molecule has 2 heterocycles. The fraction of sp³-hybridized carbons (Fsp3) is 0.435. The molecule has 7 heteroatoms. The molecular formula is C23H29N3O2S2. The van der Waals surface area contributed by atoms with E-state index in [-0.39, 0.29) is 16.7 Å². The molecule has 2 aromatic heterocycles. The Balaban J connectivity index is 1.88. The van der Waals surface area contributed by atoms with Crippen LogP contribution in [-0.2, 0) is 11.3 Å². The van der Waals surface area contributed by atoms with E-state index in [1.165, 1.54) is 23.1 Å². The van der Waals surface area contributed by atoms with Crippen molar-refractivity contribution in [2.24, 2.45) is 0 Å². The first kappa shape index (κ1) is 22.6. The van der Waals surface area contributed by atoms with Crippen LogP contribution in [0.4, 0.5) is 5.69 Å². The summed E-state index contributed by atoms with van der Waals surface area (Å²) in [6.45, 7) is 12.6. The summed E-state index contributed by atoms with van der Waals surface area (Å²) in [7, 11) is 0. The molecule has 1 N–H and O–H groups in total. The number of nitrogens with one attached hydrogen (secondary N) is 1. The third kappa shape index (κ3) is 4.32. The Morgan fingerprint density at radius 2 is 1.93 bits per heavy atom. The van der Waals surface area contributed by atoms with Crippen LogP contribution in [0.3, 0.4) is 0 Å². The molecule has 0 radical (unpaired) electrons. The fourth-order valence-corrected chi connectivity index (χ4v) is 5.43. The largest absolute Gasteiger partial charge is 0.325 e. The van der Waals surface area contributed by atoms with Gasteiger partial charge in [0.25, 0.3) is 5.56 Å². The summed E-state index contributed by atoms with van der Waals surface area (Å²) in [6, 6.07) is 7.94. The Kier molecular flexibility index (Phi) is 7.03. The number of aromatic nitrogens is 2. The van der Waals surface area contributed by atoms with E-state index in [0.717, 1.165) is 32.9 Å². The Bertz CT molecular complexity index is 1130. The first-order valence-electron chi connectivity index (χ1n) is 10.3. The van der Waals surface area contributed by atoms with Crippen LogP contribution in [0.5, 0.6) is 0 Å². The molecule has 1 amide bonds. The van der Waals surface area contributed by atoms with Gasteiger partial charge in [-0.1, -0.05) is 43.8 Å². The lowest BCUT2D eigenvalue weighted by Gasteiger charge is -2.18. The van der Waals surface area contributed by atoms with Crippen molar-refractivity contribution in [2.45, 2.75) is 70.8 Å². The Labute approximate surface area is 185 Å².